The summed E-state index contributed by atoms with van der Waals surface area (Å²) in [7, 11) is 0. The summed E-state index contributed by atoms with van der Waals surface area (Å²) in [4.78, 5) is 5.02. The molecule has 3 nitrogen and oxygen atoms in total. The van der Waals surface area contributed by atoms with Crippen molar-refractivity contribution in [1.82, 2.24) is 0 Å². The van der Waals surface area contributed by atoms with Crippen molar-refractivity contribution < 1.29 is 30.0 Å². The van der Waals surface area contributed by atoms with Gasteiger partial charge in [-0.05, 0) is 12.1 Å². The third kappa shape index (κ3) is 4.31. The van der Waals surface area contributed by atoms with Crippen LogP contribution in [-0.4, -0.2) is 19.8 Å². The summed E-state index contributed by atoms with van der Waals surface area (Å²) in [6.45, 7) is 2.20. The minimum absolute atomic E-state index is 0. The molecule has 1 aliphatic heterocycles. The Morgan fingerprint density at radius 3 is 2.80 bits per heavy atom. The molecule has 1 saturated heterocycles. The quantitative estimate of drug-likeness (QED) is 0.803. The molecule has 1 heterocycles. The number of hydroxylamine groups is 1. The first kappa shape index (κ1) is 12.7. The van der Waals surface area contributed by atoms with E-state index in [-0.39, 0.29) is 20.4 Å². The van der Waals surface area contributed by atoms with Gasteiger partial charge in [0.05, 0.1) is 6.61 Å². The maximum Gasteiger partial charge on any atom is 0.119 e. The summed E-state index contributed by atoms with van der Waals surface area (Å²) in [6, 6.07) is 9.86. The molecule has 0 amide bonds. The van der Waals surface area contributed by atoms with Crippen LogP contribution >= 0.6 is 0 Å². The fourth-order valence-electron chi connectivity index (χ4n) is 1.40. The predicted octanol–water partition coefficient (Wildman–Crippen LogP) is 2.39. The number of benzene rings is 1. The van der Waals surface area contributed by atoms with Crippen molar-refractivity contribution in [2.45, 2.75) is 6.42 Å². The fourth-order valence-corrected chi connectivity index (χ4v) is 1.40. The van der Waals surface area contributed by atoms with Gasteiger partial charge < -0.3 is 15.1 Å². The summed E-state index contributed by atoms with van der Waals surface area (Å²) in [5, 5.41) is 0. The number of rotatable bonds is 3. The van der Waals surface area contributed by atoms with Gasteiger partial charge >= 0.3 is 0 Å². The van der Waals surface area contributed by atoms with E-state index in [1.807, 2.05) is 30.3 Å². The summed E-state index contributed by atoms with van der Waals surface area (Å²) in [5.41, 5.74) is 3.83. The van der Waals surface area contributed by atoms with Gasteiger partial charge in [-0.2, -0.15) is 0 Å². The van der Waals surface area contributed by atoms with Crippen LogP contribution in [0.15, 0.2) is 30.3 Å². The molecule has 0 aromatic heterocycles. The Bertz CT molecular complexity index is 263. The zero-order valence-electron chi connectivity index (χ0n) is 8.37. The number of hydrogen-bond donors (Lipinski definition) is 0. The average Bonchev–Trinajstić information content (AvgIpc) is 2.29. The van der Waals surface area contributed by atoms with Crippen molar-refractivity contribution in [3.8, 4) is 5.75 Å². The predicted molar refractivity (Wildman–Crippen MR) is 54.2 cm³/mol. The Balaban J connectivity index is 0.00000112. The van der Waals surface area contributed by atoms with E-state index in [0.717, 1.165) is 25.3 Å². The van der Waals surface area contributed by atoms with E-state index in [0.29, 0.717) is 12.5 Å². The zero-order valence-corrected chi connectivity index (χ0v) is 9.93. The minimum atomic E-state index is 0. The second kappa shape index (κ2) is 6.97. The topological polar surface area (TPSA) is 32.6 Å². The maximum absolute atomic E-state index is 5.62. The average molecular weight is 299 g/mol. The van der Waals surface area contributed by atoms with E-state index in [1.54, 1.807) is 0 Å². The Labute approximate surface area is 104 Å². The zero-order chi connectivity index (χ0) is 9.64. The van der Waals surface area contributed by atoms with Gasteiger partial charge in [-0.1, -0.05) is 24.6 Å². The Morgan fingerprint density at radius 1 is 1.33 bits per heavy atom. The first-order chi connectivity index (χ1) is 6.95. The normalized spacial score (nSPS) is 20.4. The van der Waals surface area contributed by atoms with Gasteiger partial charge in [-0.3, -0.25) is 0 Å². The Morgan fingerprint density at radius 2 is 2.13 bits per heavy atom. The van der Waals surface area contributed by atoms with Crippen molar-refractivity contribution in [1.29, 1.82) is 0 Å². The molecule has 0 bridgehead atoms. The smallest absolute Gasteiger partial charge is 0.119 e. The number of para-hydroxylation sites is 1. The van der Waals surface area contributed by atoms with Gasteiger partial charge in [0.2, 0.25) is 0 Å². The Hall–Kier alpha value is -0.398. The molecule has 1 unspecified atom stereocenters. The molecular weight excluding hydrogens is 285 g/mol. The van der Waals surface area contributed by atoms with E-state index in [1.165, 1.54) is 0 Å². The molecule has 0 saturated carbocycles. The summed E-state index contributed by atoms with van der Waals surface area (Å²) < 4.78 is 5.62. The molecule has 1 atom stereocenters. The largest absolute Gasteiger partial charge is 0.534 e. The van der Waals surface area contributed by atoms with Gasteiger partial charge in [-0.25, -0.2) is 0 Å². The van der Waals surface area contributed by atoms with Crippen LogP contribution in [0.1, 0.15) is 6.42 Å². The molecule has 1 fully saturated rings. The van der Waals surface area contributed by atoms with Crippen molar-refractivity contribution in [2.24, 2.45) is 5.92 Å². The van der Waals surface area contributed by atoms with Gasteiger partial charge in [0.25, 0.3) is 0 Å². The third-order valence-corrected chi connectivity index (χ3v) is 2.26. The van der Waals surface area contributed by atoms with Crippen LogP contribution in [0.25, 0.3) is 5.48 Å². The molecule has 1 aliphatic rings. The van der Waals surface area contributed by atoms with Crippen LogP contribution in [0.3, 0.4) is 0 Å². The van der Waals surface area contributed by atoms with E-state index < -0.39 is 0 Å². The van der Waals surface area contributed by atoms with Gasteiger partial charge in [0.1, 0.15) is 5.75 Å². The SMILES string of the molecule is [Pd].c1ccc(OCC2CC[N-]OC2)cc1. The molecule has 4 heteroatoms. The van der Waals surface area contributed by atoms with E-state index in [2.05, 4.69) is 5.48 Å². The van der Waals surface area contributed by atoms with Gasteiger partial charge in [0.15, 0.2) is 0 Å². The van der Waals surface area contributed by atoms with Crippen LogP contribution in [-0.2, 0) is 25.3 Å². The molecule has 0 aliphatic carbocycles. The number of nitrogens with zero attached hydrogens (tertiary/aromatic N) is 1. The molecule has 0 radical (unpaired) electrons. The standard InChI is InChI=1S/C11H14NO2.Pd/c1-2-4-11(5-3-1)13-8-10-6-7-12-14-9-10;/h1-5,10H,6-9H2;/q-1;. The van der Waals surface area contributed by atoms with E-state index >= 15 is 0 Å². The number of hydrogen-bond acceptors (Lipinski definition) is 2. The molecule has 1 aromatic rings. The van der Waals surface area contributed by atoms with Crippen LogP contribution in [0.4, 0.5) is 0 Å². The molecule has 86 valence electrons. The third-order valence-electron chi connectivity index (χ3n) is 2.26. The van der Waals surface area contributed by atoms with Crippen molar-refractivity contribution >= 4 is 0 Å². The van der Waals surface area contributed by atoms with Crippen LogP contribution in [0.5, 0.6) is 5.75 Å². The van der Waals surface area contributed by atoms with Gasteiger partial charge in [-0.15, -0.1) is 6.54 Å². The summed E-state index contributed by atoms with van der Waals surface area (Å²) in [5.74, 6) is 1.41. The van der Waals surface area contributed by atoms with E-state index in [4.69, 9.17) is 9.57 Å². The Kier molecular flexibility index (Phi) is 5.89. The van der Waals surface area contributed by atoms with Crippen LogP contribution in [0, 0.1) is 5.92 Å². The molecule has 1 aromatic carbocycles. The van der Waals surface area contributed by atoms with Crippen LogP contribution in [0.2, 0.25) is 0 Å². The van der Waals surface area contributed by atoms with Crippen molar-refractivity contribution in [3.63, 3.8) is 0 Å². The number of ether oxygens (including phenoxy) is 1. The maximum atomic E-state index is 5.62. The first-order valence-electron chi connectivity index (χ1n) is 4.92. The molecule has 2 rings (SSSR count). The molecular formula is C11H14NO2Pd-. The summed E-state index contributed by atoms with van der Waals surface area (Å²) in [6.07, 6.45) is 1.06. The monoisotopic (exact) mass is 298 g/mol. The molecule has 0 N–H and O–H groups in total. The minimum Gasteiger partial charge on any atom is -0.534 e. The summed E-state index contributed by atoms with van der Waals surface area (Å²) >= 11 is 0. The molecule has 15 heavy (non-hydrogen) atoms. The fraction of sp³-hybridized carbons (Fsp3) is 0.455. The first-order valence-corrected chi connectivity index (χ1v) is 4.92. The van der Waals surface area contributed by atoms with Gasteiger partial charge in [0, 0.05) is 32.9 Å². The van der Waals surface area contributed by atoms with Crippen molar-refractivity contribution in [2.75, 3.05) is 19.8 Å². The van der Waals surface area contributed by atoms with Crippen molar-refractivity contribution in [3.05, 3.63) is 35.8 Å². The van der Waals surface area contributed by atoms with E-state index in [9.17, 15) is 0 Å². The second-order valence-corrected chi connectivity index (χ2v) is 3.43. The second-order valence-electron chi connectivity index (χ2n) is 3.43. The van der Waals surface area contributed by atoms with Crippen LogP contribution < -0.4 is 4.74 Å². The molecule has 0 spiro atoms.